The molecular formula is C16H24ClNO2S. The average Bonchev–Trinajstić information content (AvgIpc) is 2.40. The molecule has 118 valence electrons. The summed E-state index contributed by atoms with van der Waals surface area (Å²) < 4.78 is 25.6. The average molecular weight is 330 g/mol. The van der Waals surface area contributed by atoms with Crippen molar-refractivity contribution >= 4 is 21.4 Å². The maximum absolute atomic E-state index is 12.8. The molecule has 0 heterocycles. The van der Waals surface area contributed by atoms with Gasteiger partial charge in [0.15, 0.2) is 9.84 Å². The maximum Gasteiger partial charge on any atom is 0.158 e. The summed E-state index contributed by atoms with van der Waals surface area (Å²) in [5, 5.41) is 3.50. The summed E-state index contributed by atoms with van der Waals surface area (Å²) in [7, 11) is -1.33. The maximum atomic E-state index is 12.8. The molecule has 0 aromatic heterocycles. The van der Waals surface area contributed by atoms with Crippen LogP contribution in [-0.2, 0) is 15.6 Å². The van der Waals surface area contributed by atoms with E-state index in [4.69, 9.17) is 11.6 Å². The fourth-order valence-electron chi connectivity index (χ4n) is 3.15. The molecule has 2 rings (SSSR count). The lowest BCUT2D eigenvalue weighted by Crippen LogP contribution is -2.49. The highest BCUT2D eigenvalue weighted by Crippen LogP contribution is 2.39. The van der Waals surface area contributed by atoms with Crippen LogP contribution in [0, 0.1) is 5.41 Å². The van der Waals surface area contributed by atoms with Crippen molar-refractivity contribution in [2.45, 2.75) is 50.2 Å². The van der Waals surface area contributed by atoms with Crippen molar-refractivity contribution in [1.29, 1.82) is 0 Å². The van der Waals surface area contributed by atoms with Crippen LogP contribution in [0.25, 0.3) is 0 Å². The first-order chi connectivity index (χ1) is 9.73. The van der Waals surface area contributed by atoms with E-state index in [1.807, 2.05) is 7.05 Å². The predicted octanol–water partition coefficient (Wildman–Crippen LogP) is 3.42. The van der Waals surface area contributed by atoms with Crippen molar-refractivity contribution < 1.29 is 8.42 Å². The highest BCUT2D eigenvalue weighted by Gasteiger charge is 2.41. The Labute approximate surface area is 133 Å². The lowest BCUT2D eigenvalue weighted by molar-refractivity contribution is 0.213. The number of benzene rings is 1. The number of nitrogens with one attached hydrogen (secondary N) is 1. The second kappa shape index (κ2) is 6.27. The van der Waals surface area contributed by atoms with Crippen molar-refractivity contribution in [1.82, 2.24) is 5.32 Å². The van der Waals surface area contributed by atoms with Crippen LogP contribution in [0.15, 0.2) is 24.3 Å². The molecule has 5 heteroatoms. The molecule has 1 aromatic carbocycles. The molecule has 0 aliphatic heterocycles. The summed E-state index contributed by atoms with van der Waals surface area (Å²) in [5.74, 6) is 0.0864. The van der Waals surface area contributed by atoms with Gasteiger partial charge in [0.05, 0.1) is 11.0 Å². The molecular weight excluding hydrogens is 306 g/mol. The van der Waals surface area contributed by atoms with E-state index in [0.29, 0.717) is 11.4 Å². The standard InChI is InChI=1S/C16H24ClNO2S/c1-16(2)9-8-14(18-3)15(10-16)21(19,20)11-12-4-6-13(17)7-5-12/h4-7,14-15,18H,8-11H2,1-3H3. The molecule has 1 fully saturated rings. The first-order valence-corrected chi connectivity index (χ1v) is 9.46. The zero-order valence-electron chi connectivity index (χ0n) is 12.9. The normalized spacial score (nSPS) is 25.7. The molecule has 1 saturated carbocycles. The monoisotopic (exact) mass is 329 g/mol. The van der Waals surface area contributed by atoms with E-state index in [2.05, 4.69) is 19.2 Å². The molecule has 1 aliphatic carbocycles. The summed E-state index contributed by atoms with van der Waals surface area (Å²) in [4.78, 5) is 0. The third kappa shape index (κ3) is 4.21. The van der Waals surface area contributed by atoms with Crippen LogP contribution in [0.5, 0.6) is 0 Å². The smallest absolute Gasteiger partial charge is 0.158 e. The highest BCUT2D eigenvalue weighted by atomic mass is 35.5. The quantitative estimate of drug-likeness (QED) is 0.920. The highest BCUT2D eigenvalue weighted by molar-refractivity contribution is 7.91. The van der Waals surface area contributed by atoms with Gasteiger partial charge in [0, 0.05) is 11.1 Å². The first kappa shape index (κ1) is 16.8. The number of halogens is 1. The SMILES string of the molecule is CNC1CCC(C)(C)CC1S(=O)(=O)Cc1ccc(Cl)cc1. The summed E-state index contributed by atoms with van der Waals surface area (Å²) in [6.45, 7) is 4.31. The van der Waals surface area contributed by atoms with Crippen LogP contribution in [0.1, 0.15) is 38.7 Å². The van der Waals surface area contributed by atoms with Gasteiger partial charge in [-0.3, -0.25) is 0 Å². The summed E-state index contributed by atoms with van der Waals surface area (Å²) in [6.07, 6.45) is 2.69. The molecule has 1 aromatic rings. The van der Waals surface area contributed by atoms with Crippen LogP contribution in [0.3, 0.4) is 0 Å². The molecule has 21 heavy (non-hydrogen) atoms. The zero-order chi connectivity index (χ0) is 15.7. The molecule has 0 spiro atoms. The lowest BCUT2D eigenvalue weighted by atomic mass is 9.75. The fraction of sp³-hybridized carbons (Fsp3) is 0.625. The summed E-state index contributed by atoms with van der Waals surface area (Å²) in [5.41, 5.74) is 0.892. The minimum atomic E-state index is -3.19. The van der Waals surface area contributed by atoms with Gasteiger partial charge in [-0.25, -0.2) is 8.42 Å². The van der Waals surface area contributed by atoms with Crippen molar-refractivity contribution in [3.05, 3.63) is 34.9 Å². The van der Waals surface area contributed by atoms with Gasteiger partial charge in [0.2, 0.25) is 0 Å². The number of hydrogen-bond donors (Lipinski definition) is 1. The molecule has 3 nitrogen and oxygen atoms in total. The molecule has 0 radical (unpaired) electrons. The van der Waals surface area contributed by atoms with Gasteiger partial charge in [-0.05, 0) is 49.4 Å². The van der Waals surface area contributed by atoms with Gasteiger partial charge in [0.25, 0.3) is 0 Å². The minimum Gasteiger partial charge on any atom is -0.316 e. The van der Waals surface area contributed by atoms with Gasteiger partial charge >= 0.3 is 0 Å². The fourth-order valence-corrected chi connectivity index (χ4v) is 5.62. The Morgan fingerprint density at radius 2 is 1.90 bits per heavy atom. The Bertz CT molecular complexity index is 581. The van der Waals surface area contributed by atoms with Crippen LogP contribution in [-0.4, -0.2) is 26.8 Å². The summed E-state index contributed by atoms with van der Waals surface area (Å²) in [6, 6.07) is 7.12. The van der Waals surface area contributed by atoms with Crippen molar-refractivity contribution in [3.63, 3.8) is 0 Å². The van der Waals surface area contributed by atoms with Crippen LogP contribution < -0.4 is 5.32 Å². The number of hydrogen-bond acceptors (Lipinski definition) is 3. The van der Waals surface area contributed by atoms with E-state index in [9.17, 15) is 8.42 Å². The van der Waals surface area contributed by atoms with Gasteiger partial charge in [0.1, 0.15) is 0 Å². The largest absolute Gasteiger partial charge is 0.316 e. The van der Waals surface area contributed by atoms with Crippen molar-refractivity contribution in [2.75, 3.05) is 7.05 Å². The molecule has 0 amide bonds. The molecule has 1 N–H and O–H groups in total. The molecule has 2 unspecified atom stereocenters. The Morgan fingerprint density at radius 3 is 2.48 bits per heavy atom. The van der Waals surface area contributed by atoms with E-state index in [1.54, 1.807) is 24.3 Å². The Hall–Kier alpha value is -0.580. The number of rotatable bonds is 4. The third-order valence-electron chi connectivity index (χ3n) is 4.45. The predicted molar refractivity (Wildman–Crippen MR) is 88.3 cm³/mol. The Kier molecular flexibility index (Phi) is 5.01. The van der Waals surface area contributed by atoms with Gasteiger partial charge in [-0.2, -0.15) is 0 Å². The van der Waals surface area contributed by atoms with Gasteiger partial charge < -0.3 is 5.32 Å². The van der Waals surface area contributed by atoms with E-state index in [-0.39, 0.29) is 22.5 Å². The van der Waals surface area contributed by atoms with Gasteiger partial charge in [-0.15, -0.1) is 0 Å². The van der Waals surface area contributed by atoms with E-state index < -0.39 is 9.84 Å². The second-order valence-corrected chi connectivity index (χ2v) is 9.43. The van der Waals surface area contributed by atoms with Crippen molar-refractivity contribution in [2.24, 2.45) is 5.41 Å². The topological polar surface area (TPSA) is 46.2 Å². The van der Waals surface area contributed by atoms with Crippen LogP contribution >= 0.6 is 11.6 Å². The summed E-state index contributed by atoms with van der Waals surface area (Å²) >= 11 is 5.86. The molecule has 1 aliphatic rings. The van der Waals surface area contributed by atoms with E-state index in [1.165, 1.54) is 0 Å². The lowest BCUT2D eigenvalue weighted by Gasteiger charge is -2.40. The van der Waals surface area contributed by atoms with Gasteiger partial charge in [-0.1, -0.05) is 37.6 Å². The Morgan fingerprint density at radius 1 is 1.29 bits per heavy atom. The van der Waals surface area contributed by atoms with E-state index in [0.717, 1.165) is 18.4 Å². The van der Waals surface area contributed by atoms with Crippen molar-refractivity contribution in [3.8, 4) is 0 Å². The molecule has 0 bridgehead atoms. The molecule has 2 atom stereocenters. The Balaban J connectivity index is 2.21. The zero-order valence-corrected chi connectivity index (χ0v) is 14.5. The van der Waals surface area contributed by atoms with Crippen LogP contribution in [0.2, 0.25) is 5.02 Å². The third-order valence-corrected chi connectivity index (χ3v) is 6.85. The van der Waals surface area contributed by atoms with E-state index >= 15 is 0 Å². The second-order valence-electron chi connectivity index (χ2n) is 6.77. The van der Waals surface area contributed by atoms with Crippen LogP contribution in [0.4, 0.5) is 0 Å². The molecule has 0 saturated heterocycles. The number of sulfone groups is 1. The first-order valence-electron chi connectivity index (χ1n) is 7.37. The minimum absolute atomic E-state index is 0.0512.